The van der Waals surface area contributed by atoms with Gasteiger partial charge in [-0.1, -0.05) is 11.6 Å². The highest BCUT2D eigenvalue weighted by Gasteiger charge is 2.15. The summed E-state index contributed by atoms with van der Waals surface area (Å²) in [4.78, 5) is 21.9. The Balaban J connectivity index is 2.45. The smallest absolute Gasteiger partial charge is 0.285 e. The topological polar surface area (TPSA) is 83.0 Å². The average Bonchev–Trinajstić information content (AvgIpc) is 2.61. The van der Waals surface area contributed by atoms with Gasteiger partial charge >= 0.3 is 5.69 Å². The number of halogens is 1. The SMILES string of the molecule is Cn1cnn(Cc2cc(Cl)ccc2[N+](=O)[O-])c1=O. The zero-order valence-electron chi connectivity index (χ0n) is 9.41. The highest BCUT2D eigenvalue weighted by molar-refractivity contribution is 6.30. The number of hydrogen-bond donors (Lipinski definition) is 0. The van der Waals surface area contributed by atoms with E-state index in [0.29, 0.717) is 10.6 Å². The molecule has 1 aromatic heterocycles. The van der Waals surface area contributed by atoms with Gasteiger partial charge in [0.15, 0.2) is 0 Å². The van der Waals surface area contributed by atoms with E-state index in [1.54, 1.807) is 7.05 Å². The molecule has 2 aromatic rings. The molecule has 0 aliphatic rings. The van der Waals surface area contributed by atoms with Crippen molar-refractivity contribution < 1.29 is 4.92 Å². The summed E-state index contributed by atoms with van der Waals surface area (Å²) in [5.41, 5.74) is -0.0884. The molecule has 7 nitrogen and oxygen atoms in total. The van der Waals surface area contributed by atoms with Crippen molar-refractivity contribution >= 4 is 17.3 Å². The summed E-state index contributed by atoms with van der Waals surface area (Å²) in [7, 11) is 1.55. The summed E-state index contributed by atoms with van der Waals surface area (Å²) in [6.45, 7) is 0.0105. The van der Waals surface area contributed by atoms with Crippen molar-refractivity contribution in [1.82, 2.24) is 14.3 Å². The molecule has 18 heavy (non-hydrogen) atoms. The van der Waals surface area contributed by atoms with Crippen LogP contribution in [0, 0.1) is 10.1 Å². The van der Waals surface area contributed by atoms with Gasteiger partial charge in [-0.25, -0.2) is 9.48 Å². The lowest BCUT2D eigenvalue weighted by Gasteiger charge is -2.03. The number of rotatable bonds is 3. The second-order valence-electron chi connectivity index (χ2n) is 3.71. The van der Waals surface area contributed by atoms with Crippen LogP contribution in [0.2, 0.25) is 5.02 Å². The van der Waals surface area contributed by atoms with Gasteiger partial charge in [0.2, 0.25) is 0 Å². The zero-order valence-corrected chi connectivity index (χ0v) is 10.2. The minimum Gasteiger partial charge on any atom is -0.285 e. The molecule has 0 aliphatic carbocycles. The summed E-state index contributed by atoms with van der Waals surface area (Å²) in [6, 6.07) is 4.21. The molecular formula is C10H9ClN4O3. The van der Waals surface area contributed by atoms with E-state index < -0.39 is 4.92 Å². The lowest BCUT2D eigenvalue weighted by molar-refractivity contribution is -0.385. The molecule has 0 saturated heterocycles. The molecule has 1 aromatic carbocycles. The van der Waals surface area contributed by atoms with Gasteiger partial charge in [0.1, 0.15) is 6.33 Å². The quantitative estimate of drug-likeness (QED) is 0.618. The number of hydrogen-bond acceptors (Lipinski definition) is 4. The normalized spacial score (nSPS) is 10.6. The maximum Gasteiger partial charge on any atom is 0.345 e. The van der Waals surface area contributed by atoms with Gasteiger partial charge < -0.3 is 0 Å². The van der Waals surface area contributed by atoms with E-state index >= 15 is 0 Å². The third-order valence-electron chi connectivity index (χ3n) is 2.45. The molecule has 0 saturated carbocycles. The number of nitro benzene ring substituents is 1. The fourth-order valence-corrected chi connectivity index (χ4v) is 1.74. The minimum absolute atomic E-state index is 0.0105. The highest BCUT2D eigenvalue weighted by atomic mass is 35.5. The second-order valence-corrected chi connectivity index (χ2v) is 4.15. The van der Waals surface area contributed by atoms with Crippen LogP contribution in [-0.2, 0) is 13.6 Å². The van der Waals surface area contributed by atoms with Gasteiger partial charge in [-0.2, -0.15) is 5.10 Å². The van der Waals surface area contributed by atoms with Crippen LogP contribution in [0.3, 0.4) is 0 Å². The van der Waals surface area contributed by atoms with E-state index in [1.165, 1.54) is 29.1 Å². The lowest BCUT2D eigenvalue weighted by atomic mass is 10.2. The van der Waals surface area contributed by atoms with Gasteiger partial charge in [0.25, 0.3) is 5.69 Å². The number of benzene rings is 1. The number of nitro groups is 1. The van der Waals surface area contributed by atoms with Gasteiger partial charge in [0, 0.05) is 18.1 Å². The molecule has 8 heteroatoms. The Hall–Kier alpha value is -2.15. The van der Waals surface area contributed by atoms with E-state index in [4.69, 9.17) is 11.6 Å². The number of nitrogens with zero attached hydrogens (tertiary/aromatic N) is 4. The third kappa shape index (κ3) is 2.25. The van der Waals surface area contributed by atoms with Crippen LogP contribution < -0.4 is 5.69 Å². The van der Waals surface area contributed by atoms with E-state index in [9.17, 15) is 14.9 Å². The zero-order chi connectivity index (χ0) is 13.3. The molecular weight excluding hydrogens is 260 g/mol. The first-order valence-electron chi connectivity index (χ1n) is 5.00. The van der Waals surface area contributed by atoms with Crippen molar-refractivity contribution in [1.29, 1.82) is 0 Å². The Labute approximate surface area is 106 Å². The van der Waals surface area contributed by atoms with E-state index in [-0.39, 0.29) is 17.9 Å². The summed E-state index contributed by atoms with van der Waals surface area (Å²) < 4.78 is 2.43. The fraction of sp³-hybridized carbons (Fsp3) is 0.200. The second kappa shape index (κ2) is 4.61. The summed E-state index contributed by atoms with van der Waals surface area (Å²) in [6.07, 6.45) is 1.35. The Morgan fingerprint density at radius 2 is 2.22 bits per heavy atom. The predicted octanol–water partition coefficient (Wildman–Crippen LogP) is 1.19. The van der Waals surface area contributed by atoms with Crippen LogP contribution in [0.25, 0.3) is 0 Å². The van der Waals surface area contributed by atoms with Crippen molar-refractivity contribution in [2.24, 2.45) is 7.05 Å². The molecule has 0 aliphatic heterocycles. The highest BCUT2D eigenvalue weighted by Crippen LogP contribution is 2.22. The first-order valence-corrected chi connectivity index (χ1v) is 5.38. The van der Waals surface area contributed by atoms with Crippen LogP contribution in [0.5, 0.6) is 0 Å². The largest absolute Gasteiger partial charge is 0.345 e. The van der Waals surface area contributed by atoms with Crippen molar-refractivity contribution in [3.05, 3.63) is 55.7 Å². The van der Waals surface area contributed by atoms with Crippen LogP contribution >= 0.6 is 11.6 Å². The molecule has 1 heterocycles. The molecule has 0 N–H and O–H groups in total. The Morgan fingerprint density at radius 1 is 1.50 bits per heavy atom. The summed E-state index contributed by atoms with van der Waals surface area (Å²) in [5.74, 6) is 0. The van der Waals surface area contributed by atoms with Crippen molar-refractivity contribution in [3.8, 4) is 0 Å². The summed E-state index contributed by atoms with van der Waals surface area (Å²) in [5, 5.41) is 15.1. The first kappa shape index (κ1) is 12.3. The van der Waals surface area contributed by atoms with Crippen molar-refractivity contribution in [2.45, 2.75) is 6.54 Å². The maximum atomic E-state index is 11.6. The molecule has 0 fully saturated rings. The fourth-order valence-electron chi connectivity index (χ4n) is 1.55. The molecule has 0 radical (unpaired) electrons. The third-order valence-corrected chi connectivity index (χ3v) is 2.68. The van der Waals surface area contributed by atoms with Gasteiger partial charge in [0.05, 0.1) is 17.0 Å². The van der Waals surface area contributed by atoms with E-state index in [1.807, 2.05) is 0 Å². The molecule has 0 unspecified atom stereocenters. The Kier molecular flexibility index (Phi) is 3.15. The minimum atomic E-state index is -0.514. The van der Waals surface area contributed by atoms with Crippen molar-refractivity contribution in [3.63, 3.8) is 0 Å². The molecule has 0 atom stereocenters. The maximum absolute atomic E-state index is 11.6. The van der Waals surface area contributed by atoms with Crippen molar-refractivity contribution in [2.75, 3.05) is 0 Å². The molecule has 2 rings (SSSR count). The number of aromatic nitrogens is 3. The lowest BCUT2D eigenvalue weighted by Crippen LogP contribution is -2.23. The molecule has 94 valence electrons. The molecule has 0 spiro atoms. The van der Waals surface area contributed by atoms with Gasteiger partial charge in [-0.3, -0.25) is 14.7 Å². The van der Waals surface area contributed by atoms with Gasteiger partial charge in [-0.05, 0) is 12.1 Å². The van der Waals surface area contributed by atoms with Crippen LogP contribution in [0.1, 0.15) is 5.56 Å². The standard InChI is InChI=1S/C10H9ClN4O3/c1-13-6-12-14(10(13)16)5-7-4-8(11)2-3-9(7)15(17)18/h2-4,6H,5H2,1H3. The Bertz CT molecular complexity index is 661. The average molecular weight is 269 g/mol. The molecule has 0 bridgehead atoms. The first-order chi connectivity index (χ1) is 8.49. The Morgan fingerprint density at radius 3 is 2.78 bits per heavy atom. The van der Waals surface area contributed by atoms with Crippen LogP contribution in [0.4, 0.5) is 5.69 Å². The van der Waals surface area contributed by atoms with E-state index in [2.05, 4.69) is 5.10 Å². The number of aryl methyl sites for hydroxylation is 1. The molecule has 0 amide bonds. The van der Waals surface area contributed by atoms with Gasteiger partial charge in [-0.15, -0.1) is 0 Å². The predicted molar refractivity (Wildman–Crippen MR) is 64.7 cm³/mol. The van der Waals surface area contributed by atoms with Crippen LogP contribution in [0.15, 0.2) is 29.3 Å². The monoisotopic (exact) mass is 268 g/mol. The summed E-state index contributed by atoms with van der Waals surface area (Å²) >= 11 is 5.80. The van der Waals surface area contributed by atoms with Crippen LogP contribution in [-0.4, -0.2) is 19.3 Å². The van der Waals surface area contributed by atoms with E-state index in [0.717, 1.165) is 4.68 Å².